The van der Waals surface area contributed by atoms with Crippen LogP contribution in [-0.4, -0.2) is 51.2 Å². The van der Waals surface area contributed by atoms with E-state index in [2.05, 4.69) is 30.2 Å². The van der Waals surface area contributed by atoms with Crippen LogP contribution in [0.5, 0.6) is 0 Å². The highest BCUT2D eigenvalue weighted by atomic mass is 19.1. The Morgan fingerprint density at radius 1 is 0.968 bits per heavy atom. The molecule has 156 valence electrons. The Morgan fingerprint density at radius 2 is 1.84 bits per heavy atom. The number of anilines is 3. The molecule has 5 heterocycles. The average molecular weight is 417 g/mol. The lowest BCUT2D eigenvalue weighted by Gasteiger charge is -2.27. The van der Waals surface area contributed by atoms with Gasteiger partial charge in [0.15, 0.2) is 5.65 Å². The van der Waals surface area contributed by atoms with E-state index in [1.807, 2.05) is 48.2 Å². The van der Waals surface area contributed by atoms with E-state index in [1.165, 1.54) is 6.07 Å². The van der Waals surface area contributed by atoms with Gasteiger partial charge >= 0.3 is 0 Å². The highest BCUT2D eigenvalue weighted by Gasteiger charge is 2.17. The molecule has 0 unspecified atom stereocenters. The van der Waals surface area contributed by atoms with Crippen LogP contribution in [0.25, 0.3) is 22.4 Å². The smallest absolute Gasteiger partial charge is 0.230 e. The van der Waals surface area contributed by atoms with Gasteiger partial charge in [-0.25, -0.2) is 9.97 Å². The highest BCUT2D eigenvalue weighted by Crippen LogP contribution is 2.29. The van der Waals surface area contributed by atoms with Gasteiger partial charge in [0.25, 0.3) is 0 Å². The summed E-state index contributed by atoms with van der Waals surface area (Å²) in [6, 6.07) is 12.7. The molecule has 0 radical (unpaired) electrons. The van der Waals surface area contributed by atoms with Gasteiger partial charge in [0, 0.05) is 36.4 Å². The average Bonchev–Trinajstić information content (AvgIpc) is 2.79. The monoisotopic (exact) mass is 417 g/mol. The van der Waals surface area contributed by atoms with E-state index in [1.54, 1.807) is 6.20 Å². The maximum Gasteiger partial charge on any atom is 0.230 e. The second-order valence-electron chi connectivity index (χ2n) is 7.19. The molecule has 4 aromatic heterocycles. The van der Waals surface area contributed by atoms with Crippen molar-refractivity contribution < 1.29 is 9.13 Å². The van der Waals surface area contributed by atoms with Gasteiger partial charge in [0.2, 0.25) is 11.9 Å². The molecule has 0 atom stereocenters. The van der Waals surface area contributed by atoms with Crippen LogP contribution in [0.1, 0.15) is 5.69 Å². The molecule has 0 amide bonds. The molecule has 0 bridgehead atoms. The van der Waals surface area contributed by atoms with Crippen LogP contribution in [0.2, 0.25) is 0 Å². The predicted octanol–water partition coefficient (Wildman–Crippen LogP) is 3.51. The van der Waals surface area contributed by atoms with E-state index < -0.39 is 5.95 Å². The molecular weight excluding hydrogens is 397 g/mol. The van der Waals surface area contributed by atoms with Crippen molar-refractivity contribution in [2.75, 3.05) is 36.5 Å². The van der Waals surface area contributed by atoms with Gasteiger partial charge in [-0.1, -0.05) is 6.07 Å². The Balaban J connectivity index is 1.56. The normalized spacial score (nSPS) is 14.1. The molecule has 9 heteroatoms. The summed E-state index contributed by atoms with van der Waals surface area (Å²) in [5.41, 5.74) is 3.57. The first kappa shape index (κ1) is 19.3. The quantitative estimate of drug-likeness (QED) is 0.505. The summed E-state index contributed by atoms with van der Waals surface area (Å²) in [6.45, 7) is 4.30. The molecule has 1 saturated heterocycles. The fourth-order valence-corrected chi connectivity index (χ4v) is 3.49. The SMILES string of the molecule is Cc1cccc(-c2cc(Nc3cc(F)nc(N4CCOCC4)n3)c3cccnc3n2)n1. The van der Waals surface area contributed by atoms with Crippen molar-refractivity contribution in [3.8, 4) is 11.4 Å². The fourth-order valence-electron chi connectivity index (χ4n) is 3.49. The van der Waals surface area contributed by atoms with Crippen LogP contribution >= 0.6 is 0 Å². The summed E-state index contributed by atoms with van der Waals surface area (Å²) in [5, 5.41) is 4.03. The first-order chi connectivity index (χ1) is 15.2. The number of pyridine rings is 3. The molecule has 5 rings (SSSR count). The third kappa shape index (κ3) is 4.13. The highest BCUT2D eigenvalue weighted by molar-refractivity contribution is 5.92. The zero-order valence-electron chi connectivity index (χ0n) is 16.9. The van der Waals surface area contributed by atoms with E-state index in [-0.39, 0.29) is 0 Å². The number of rotatable bonds is 4. The maximum absolute atomic E-state index is 14.3. The first-order valence-corrected chi connectivity index (χ1v) is 10.00. The number of nitrogens with zero attached hydrogens (tertiary/aromatic N) is 6. The molecular formula is C22H20FN7O. The molecule has 0 aliphatic carbocycles. The van der Waals surface area contributed by atoms with Gasteiger partial charge in [-0.05, 0) is 37.3 Å². The number of aromatic nitrogens is 5. The van der Waals surface area contributed by atoms with E-state index in [0.29, 0.717) is 55.1 Å². The van der Waals surface area contributed by atoms with Gasteiger partial charge in [-0.15, -0.1) is 0 Å². The number of halogens is 1. The molecule has 1 aliphatic rings. The van der Waals surface area contributed by atoms with Gasteiger partial charge in [0.1, 0.15) is 5.82 Å². The van der Waals surface area contributed by atoms with Crippen molar-refractivity contribution >= 4 is 28.5 Å². The number of morpholine rings is 1. The lowest BCUT2D eigenvalue weighted by atomic mass is 10.1. The summed E-state index contributed by atoms with van der Waals surface area (Å²) >= 11 is 0. The minimum Gasteiger partial charge on any atom is -0.378 e. The number of hydrogen-bond donors (Lipinski definition) is 1. The molecule has 1 fully saturated rings. The maximum atomic E-state index is 14.3. The van der Waals surface area contributed by atoms with Crippen molar-refractivity contribution in [1.82, 2.24) is 24.9 Å². The van der Waals surface area contributed by atoms with Gasteiger partial charge in [-0.3, -0.25) is 4.98 Å². The topological polar surface area (TPSA) is 89.0 Å². The van der Waals surface area contributed by atoms with Crippen molar-refractivity contribution in [2.24, 2.45) is 0 Å². The van der Waals surface area contributed by atoms with Crippen LogP contribution in [0.15, 0.2) is 48.7 Å². The van der Waals surface area contributed by atoms with Gasteiger partial charge in [0.05, 0.1) is 30.3 Å². The van der Waals surface area contributed by atoms with E-state index >= 15 is 0 Å². The molecule has 4 aromatic rings. The summed E-state index contributed by atoms with van der Waals surface area (Å²) in [6.07, 6.45) is 1.69. The number of hydrogen-bond acceptors (Lipinski definition) is 8. The van der Waals surface area contributed by atoms with E-state index in [9.17, 15) is 4.39 Å². The lowest BCUT2D eigenvalue weighted by molar-refractivity contribution is 0.122. The summed E-state index contributed by atoms with van der Waals surface area (Å²) in [7, 11) is 0. The zero-order valence-corrected chi connectivity index (χ0v) is 16.9. The number of fused-ring (bicyclic) bond motifs is 1. The molecule has 1 N–H and O–H groups in total. The van der Waals surface area contributed by atoms with Crippen molar-refractivity contribution in [1.29, 1.82) is 0 Å². The van der Waals surface area contributed by atoms with Crippen molar-refractivity contribution in [2.45, 2.75) is 6.92 Å². The van der Waals surface area contributed by atoms with Crippen LogP contribution in [0.3, 0.4) is 0 Å². The number of aryl methyl sites for hydroxylation is 1. The molecule has 8 nitrogen and oxygen atoms in total. The molecule has 1 aliphatic heterocycles. The second-order valence-corrected chi connectivity index (χ2v) is 7.19. The Morgan fingerprint density at radius 3 is 2.68 bits per heavy atom. The summed E-state index contributed by atoms with van der Waals surface area (Å²) in [5.74, 6) is 0.0902. The van der Waals surface area contributed by atoms with Crippen LogP contribution in [0.4, 0.5) is 21.8 Å². The second kappa shape index (κ2) is 8.19. The lowest BCUT2D eigenvalue weighted by Crippen LogP contribution is -2.37. The Kier molecular flexibility index (Phi) is 5.09. The Hall–Kier alpha value is -3.72. The van der Waals surface area contributed by atoms with Gasteiger partial charge in [-0.2, -0.15) is 14.4 Å². The largest absolute Gasteiger partial charge is 0.378 e. The number of nitrogens with one attached hydrogen (secondary N) is 1. The van der Waals surface area contributed by atoms with Gasteiger partial charge < -0.3 is 15.0 Å². The van der Waals surface area contributed by atoms with Crippen LogP contribution in [0, 0.1) is 12.9 Å². The first-order valence-electron chi connectivity index (χ1n) is 10.00. The zero-order chi connectivity index (χ0) is 21.2. The van der Waals surface area contributed by atoms with E-state index in [0.717, 1.165) is 16.8 Å². The third-order valence-corrected chi connectivity index (χ3v) is 4.97. The molecule has 0 saturated carbocycles. The minimum atomic E-state index is -0.601. The Labute approximate surface area is 178 Å². The standard InChI is InChI=1S/C22H20FN7O/c1-14-4-2-6-16(25-14)18-12-17(15-5-3-7-24-21(15)27-18)26-20-13-19(23)28-22(29-20)30-8-10-31-11-9-30/h2-7,12-13H,8-11H2,1H3,(H,24,26,27,28,29). The van der Waals surface area contributed by atoms with Crippen molar-refractivity contribution in [3.63, 3.8) is 0 Å². The summed E-state index contributed by atoms with van der Waals surface area (Å²) in [4.78, 5) is 24.0. The van der Waals surface area contributed by atoms with E-state index in [4.69, 9.17) is 4.74 Å². The van der Waals surface area contributed by atoms with Crippen LogP contribution in [-0.2, 0) is 4.74 Å². The minimum absolute atomic E-state index is 0.336. The third-order valence-electron chi connectivity index (χ3n) is 4.97. The predicted molar refractivity (Wildman–Crippen MR) is 116 cm³/mol. The van der Waals surface area contributed by atoms with Crippen molar-refractivity contribution in [3.05, 3.63) is 60.3 Å². The molecule has 31 heavy (non-hydrogen) atoms. The Bertz CT molecular complexity index is 1240. The molecule has 0 spiro atoms. The number of ether oxygens (including phenoxy) is 1. The fraction of sp³-hybridized carbons (Fsp3) is 0.227. The van der Waals surface area contributed by atoms with Crippen LogP contribution < -0.4 is 10.2 Å². The summed E-state index contributed by atoms with van der Waals surface area (Å²) < 4.78 is 19.7. The molecule has 0 aromatic carbocycles.